The molecule has 0 aliphatic carbocycles. The molecule has 96 valence electrons. The highest BCUT2D eigenvalue weighted by Gasteiger charge is 2.22. The van der Waals surface area contributed by atoms with E-state index in [-0.39, 0.29) is 17.3 Å². The topological polar surface area (TPSA) is 74.1 Å². The van der Waals surface area contributed by atoms with Crippen LogP contribution in [0.4, 0.5) is 0 Å². The second-order valence-corrected chi connectivity index (χ2v) is 4.35. The lowest BCUT2D eigenvalue weighted by Crippen LogP contribution is -2.35. The van der Waals surface area contributed by atoms with Crippen molar-refractivity contribution in [3.8, 4) is 6.07 Å². The van der Waals surface area contributed by atoms with E-state index < -0.39 is 0 Å². The van der Waals surface area contributed by atoms with Crippen molar-refractivity contribution in [2.45, 2.75) is 12.8 Å². The average molecular weight is 255 g/mol. The van der Waals surface area contributed by atoms with Crippen LogP contribution < -0.4 is 0 Å². The first-order chi connectivity index (χ1) is 9.11. The minimum absolute atomic E-state index is 0.216. The minimum atomic E-state index is -0.216. The molecule has 1 aliphatic rings. The van der Waals surface area contributed by atoms with E-state index in [1.807, 2.05) is 11.0 Å². The normalized spacial score (nSPS) is 14.9. The summed E-state index contributed by atoms with van der Waals surface area (Å²) in [4.78, 5) is 29.0. The van der Waals surface area contributed by atoms with Crippen LogP contribution in [-0.2, 0) is 4.79 Å². The summed E-state index contributed by atoms with van der Waals surface area (Å²) in [6, 6.07) is 4.96. The van der Waals surface area contributed by atoms with Crippen LogP contribution in [0.3, 0.4) is 0 Å². The molecule has 1 aromatic rings. The first-order valence-electron chi connectivity index (χ1n) is 5.98. The van der Waals surface area contributed by atoms with Crippen LogP contribution >= 0.6 is 0 Å². The Bertz CT molecular complexity index is 559. The van der Waals surface area contributed by atoms with Crippen molar-refractivity contribution in [1.29, 1.82) is 5.26 Å². The second kappa shape index (κ2) is 5.44. The fourth-order valence-corrected chi connectivity index (χ4v) is 1.93. The third kappa shape index (κ3) is 2.86. The third-order valence-corrected chi connectivity index (χ3v) is 3.11. The van der Waals surface area contributed by atoms with Crippen LogP contribution in [0, 0.1) is 11.3 Å². The van der Waals surface area contributed by atoms with Gasteiger partial charge in [-0.25, -0.2) is 4.98 Å². The number of aromatic nitrogens is 1. The molecule has 0 N–H and O–H groups in total. The summed E-state index contributed by atoms with van der Waals surface area (Å²) in [6.45, 7) is 4.86. The monoisotopic (exact) mass is 255 g/mol. The number of nitrogens with zero attached hydrogens (tertiary/aromatic N) is 3. The second-order valence-electron chi connectivity index (χ2n) is 4.35. The summed E-state index contributed by atoms with van der Waals surface area (Å²) in [5.74, 6) is 0.00266. The SMILES string of the molecule is C=C(C(=O)c1ccc(C#N)nc1)N1CCC(=O)CC1. The van der Waals surface area contributed by atoms with Crippen molar-refractivity contribution in [2.24, 2.45) is 0 Å². The highest BCUT2D eigenvalue weighted by molar-refractivity contribution is 6.07. The molecular formula is C14H13N3O2. The number of piperidine rings is 1. The molecule has 0 aromatic carbocycles. The van der Waals surface area contributed by atoms with Gasteiger partial charge in [0, 0.05) is 37.7 Å². The van der Waals surface area contributed by atoms with Gasteiger partial charge in [0.15, 0.2) is 0 Å². The van der Waals surface area contributed by atoms with Gasteiger partial charge in [0.1, 0.15) is 17.5 Å². The summed E-state index contributed by atoms with van der Waals surface area (Å²) < 4.78 is 0. The Morgan fingerprint density at radius 2 is 2.05 bits per heavy atom. The Morgan fingerprint density at radius 3 is 2.58 bits per heavy atom. The standard InChI is InChI=1S/C14H13N3O2/c1-10(17-6-4-13(18)5-7-17)14(19)11-2-3-12(8-15)16-9-11/h2-3,9H,1,4-7H2. The van der Waals surface area contributed by atoms with E-state index in [0.29, 0.717) is 37.2 Å². The molecule has 5 heteroatoms. The summed E-state index contributed by atoms with van der Waals surface area (Å²) in [5.41, 5.74) is 1.05. The number of carbonyl (C=O) groups excluding carboxylic acids is 2. The zero-order chi connectivity index (χ0) is 13.8. The number of nitriles is 1. The summed E-state index contributed by atoms with van der Waals surface area (Å²) in [5, 5.41) is 8.65. The quantitative estimate of drug-likeness (QED) is 0.601. The van der Waals surface area contributed by atoms with Crippen LogP contribution in [0.1, 0.15) is 28.9 Å². The predicted molar refractivity (Wildman–Crippen MR) is 68.2 cm³/mol. The molecule has 19 heavy (non-hydrogen) atoms. The maximum absolute atomic E-state index is 12.2. The summed E-state index contributed by atoms with van der Waals surface area (Å²) >= 11 is 0. The zero-order valence-electron chi connectivity index (χ0n) is 10.4. The molecule has 0 radical (unpaired) electrons. The minimum Gasteiger partial charge on any atom is -0.368 e. The number of Topliss-reactive ketones (excluding diaryl/α,β-unsaturated/α-hetero) is 2. The van der Waals surface area contributed by atoms with Crippen molar-refractivity contribution in [3.05, 3.63) is 41.9 Å². The van der Waals surface area contributed by atoms with Crippen LogP contribution in [0.15, 0.2) is 30.6 Å². The Morgan fingerprint density at radius 1 is 1.37 bits per heavy atom. The number of ketones is 2. The number of hydrogen-bond acceptors (Lipinski definition) is 5. The molecule has 0 amide bonds. The van der Waals surface area contributed by atoms with Crippen molar-refractivity contribution < 1.29 is 9.59 Å². The van der Waals surface area contributed by atoms with Crippen molar-refractivity contribution in [1.82, 2.24) is 9.88 Å². The van der Waals surface area contributed by atoms with Gasteiger partial charge >= 0.3 is 0 Å². The highest BCUT2D eigenvalue weighted by atomic mass is 16.1. The molecular weight excluding hydrogens is 242 g/mol. The Balaban J connectivity index is 2.08. The lowest BCUT2D eigenvalue weighted by Gasteiger charge is -2.28. The number of hydrogen-bond donors (Lipinski definition) is 0. The maximum Gasteiger partial charge on any atom is 0.209 e. The first-order valence-corrected chi connectivity index (χ1v) is 5.98. The summed E-state index contributed by atoms with van der Waals surface area (Å²) in [7, 11) is 0. The smallest absolute Gasteiger partial charge is 0.209 e. The number of rotatable bonds is 3. The largest absolute Gasteiger partial charge is 0.368 e. The molecule has 2 heterocycles. The predicted octanol–water partition coefficient (Wildman–Crippen LogP) is 1.31. The van der Waals surface area contributed by atoms with Crippen LogP contribution in [0.25, 0.3) is 0 Å². The van der Waals surface area contributed by atoms with E-state index in [1.165, 1.54) is 12.3 Å². The summed E-state index contributed by atoms with van der Waals surface area (Å²) in [6.07, 6.45) is 2.29. The van der Waals surface area contributed by atoms with Gasteiger partial charge in [-0.1, -0.05) is 6.58 Å². The lowest BCUT2D eigenvalue weighted by molar-refractivity contribution is -0.121. The van der Waals surface area contributed by atoms with Gasteiger partial charge in [-0.3, -0.25) is 9.59 Å². The number of carbonyl (C=O) groups is 2. The van der Waals surface area contributed by atoms with E-state index in [2.05, 4.69) is 11.6 Å². The van der Waals surface area contributed by atoms with Gasteiger partial charge in [-0.2, -0.15) is 5.26 Å². The molecule has 0 unspecified atom stereocenters. The van der Waals surface area contributed by atoms with E-state index in [4.69, 9.17) is 5.26 Å². The molecule has 0 atom stereocenters. The fraction of sp³-hybridized carbons (Fsp3) is 0.286. The van der Waals surface area contributed by atoms with Gasteiger partial charge in [0.25, 0.3) is 0 Å². The van der Waals surface area contributed by atoms with Crippen molar-refractivity contribution in [2.75, 3.05) is 13.1 Å². The van der Waals surface area contributed by atoms with E-state index in [1.54, 1.807) is 6.07 Å². The van der Waals surface area contributed by atoms with Gasteiger partial charge in [0.2, 0.25) is 5.78 Å². The Hall–Kier alpha value is -2.48. The first kappa shape index (κ1) is 13.0. The molecule has 0 spiro atoms. The average Bonchev–Trinajstić information content (AvgIpc) is 2.46. The molecule has 0 bridgehead atoms. The molecule has 1 aromatic heterocycles. The van der Waals surface area contributed by atoms with Gasteiger partial charge in [0.05, 0.1) is 5.70 Å². The fourth-order valence-electron chi connectivity index (χ4n) is 1.93. The Kier molecular flexibility index (Phi) is 3.71. The van der Waals surface area contributed by atoms with Crippen LogP contribution in [0.5, 0.6) is 0 Å². The molecule has 2 rings (SSSR count). The maximum atomic E-state index is 12.2. The van der Waals surface area contributed by atoms with Gasteiger partial charge in [-0.15, -0.1) is 0 Å². The molecule has 1 saturated heterocycles. The highest BCUT2D eigenvalue weighted by Crippen LogP contribution is 2.15. The number of pyridine rings is 1. The van der Waals surface area contributed by atoms with Crippen molar-refractivity contribution in [3.63, 3.8) is 0 Å². The van der Waals surface area contributed by atoms with Crippen LogP contribution in [-0.4, -0.2) is 34.5 Å². The number of allylic oxidation sites excluding steroid dienone is 1. The van der Waals surface area contributed by atoms with E-state index >= 15 is 0 Å². The lowest BCUT2D eigenvalue weighted by atomic mass is 10.1. The molecule has 1 fully saturated rings. The zero-order valence-corrected chi connectivity index (χ0v) is 10.4. The molecule has 0 saturated carbocycles. The van der Waals surface area contributed by atoms with Crippen molar-refractivity contribution >= 4 is 11.6 Å². The Labute approximate surface area is 111 Å². The number of likely N-dealkylation sites (tertiary alicyclic amines) is 1. The van der Waals surface area contributed by atoms with Gasteiger partial charge in [-0.05, 0) is 12.1 Å². The van der Waals surface area contributed by atoms with E-state index in [9.17, 15) is 9.59 Å². The molecule has 1 aliphatic heterocycles. The third-order valence-electron chi connectivity index (χ3n) is 3.11. The van der Waals surface area contributed by atoms with E-state index in [0.717, 1.165) is 0 Å². The van der Waals surface area contributed by atoms with Gasteiger partial charge < -0.3 is 4.90 Å². The molecule has 5 nitrogen and oxygen atoms in total. The van der Waals surface area contributed by atoms with Crippen LogP contribution in [0.2, 0.25) is 0 Å².